The van der Waals surface area contributed by atoms with Crippen LogP contribution in [0.5, 0.6) is 0 Å². The molecule has 0 heterocycles. The number of carboxylic acids is 1. The van der Waals surface area contributed by atoms with Crippen molar-refractivity contribution in [2.24, 2.45) is 0 Å². The molecule has 0 aliphatic rings. The minimum atomic E-state index is -0.759. The molecule has 4 heteroatoms. The zero-order valence-corrected chi connectivity index (χ0v) is 11.8. The second-order valence-corrected chi connectivity index (χ2v) is 5.24. The van der Waals surface area contributed by atoms with Crippen LogP contribution in [0.15, 0.2) is 30.3 Å². The summed E-state index contributed by atoms with van der Waals surface area (Å²) in [7, 11) is 0. The number of benzene rings is 1. The Morgan fingerprint density at radius 1 is 1.28 bits per heavy atom. The minimum Gasteiger partial charge on any atom is -0.480 e. The van der Waals surface area contributed by atoms with Gasteiger partial charge in [-0.05, 0) is 18.7 Å². The van der Waals surface area contributed by atoms with Crippen molar-refractivity contribution >= 4 is 17.7 Å². The molecule has 0 radical (unpaired) electrons. The van der Waals surface area contributed by atoms with Crippen molar-refractivity contribution in [1.82, 2.24) is 4.90 Å². The molecule has 0 saturated carbocycles. The third kappa shape index (κ3) is 4.70. The molecule has 0 spiro atoms. The summed E-state index contributed by atoms with van der Waals surface area (Å²) < 4.78 is 0. The molecule has 1 atom stereocenters. The highest BCUT2D eigenvalue weighted by molar-refractivity contribution is 8.00. The van der Waals surface area contributed by atoms with Crippen LogP contribution in [-0.2, 0) is 4.79 Å². The van der Waals surface area contributed by atoms with E-state index in [1.807, 2.05) is 30.3 Å². The van der Waals surface area contributed by atoms with Gasteiger partial charge in [-0.15, -0.1) is 11.8 Å². The molecule has 18 heavy (non-hydrogen) atoms. The largest absolute Gasteiger partial charge is 0.480 e. The predicted molar refractivity (Wildman–Crippen MR) is 77.1 cm³/mol. The number of carbonyl (C=O) groups is 1. The quantitative estimate of drug-likeness (QED) is 0.786. The number of nitrogens with zero attached hydrogens (tertiary/aromatic N) is 1. The fraction of sp³-hybridized carbons (Fsp3) is 0.500. The van der Waals surface area contributed by atoms with Crippen molar-refractivity contribution in [2.75, 3.05) is 25.4 Å². The van der Waals surface area contributed by atoms with Gasteiger partial charge in [-0.1, -0.05) is 44.2 Å². The van der Waals surface area contributed by atoms with E-state index in [-0.39, 0.29) is 0 Å². The van der Waals surface area contributed by atoms with Crippen LogP contribution in [-0.4, -0.2) is 41.4 Å². The van der Waals surface area contributed by atoms with Gasteiger partial charge in [0.25, 0.3) is 0 Å². The van der Waals surface area contributed by atoms with E-state index >= 15 is 0 Å². The molecular formula is C14H21NO2S. The van der Waals surface area contributed by atoms with Gasteiger partial charge >= 0.3 is 5.97 Å². The predicted octanol–water partition coefficient (Wildman–Crippen LogP) is 2.89. The molecule has 0 aliphatic carbocycles. The molecule has 0 aromatic heterocycles. The first-order valence-corrected chi connectivity index (χ1v) is 7.35. The maximum atomic E-state index is 11.3. The molecule has 1 unspecified atom stereocenters. The van der Waals surface area contributed by atoms with Gasteiger partial charge in [0.05, 0.1) is 0 Å². The van der Waals surface area contributed by atoms with Gasteiger partial charge in [-0.2, -0.15) is 0 Å². The van der Waals surface area contributed by atoms with Gasteiger partial charge in [0.1, 0.15) is 5.25 Å². The lowest BCUT2D eigenvalue weighted by molar-refractivity contribution is -0.136. The van der Waals surface area contributed by atoms with Crippen molar-refractivity contribution in [3.63, 3.8) is 0 Å². The smallest absolute Gasteiger partial charge is 0.321 e. The Bertz CT molecular complexity index is 352. The van der Waals surface area contributed by atoms with E-state index in [0.29, 0.717) is 0 Å². The molecule has 0 bridgehead atoms. The number of hydrogen-bond donors (Lipinski definition) is 1. The lowest BCUT2D eigenvalue weighted by Crippen LogP contribution is -2.26. The summed E-state index contributed by atoms with van der Waals surface area (Å²) in [6, 6.07) is 9.43. The standard InChI is InChI=1S/C14H21NO2S/c1-3-15(4-2)10-11-18-13(14(16)17)12-8-6-5-7-9-12/h5-9,13H,3-4,10-11H2,1-2H3,(H,16,17). The van der Waals surface area contributed by atoms with Crippen molar-refractivity contribution in [3.8, 4) is 0 Å². The summed E-state index contributed by atoms with van der Waals surface area (Å²) in [5.41, 5.74) is 0.870. The van der Waals surface area contributed by atoms with E-state index in [4.69, 9.17) is 0 Å². The van der Waals surface area contributed by atoms with Crippen molar-refractivity contribution in [1.29, 1.82) is 0 Å². The molecule has 0 fully saturated rings. The molecule has 1 aromatic rings. The Morgan fingerprint density at radius 2 is 1.89 bits per heavy atom. The molecule has 1 N–H and O–H groups in total. The lowest BCUT2D eigenvalue weighted by atomic mass is 10.1. The van der Waals surface area contributed by atoms with E-state index in [9.17, 15) is 9.90 Å². The summed E-state index contributed by atoms with van der Waals surface area (Å²) >= 11 is 1.50. The zero-order valence-electron chi connectivity index (χ0n) is 11.0. The molecule has 3 nitrogen and oxygen atoms in total. The second kappa shape index (κ2) is 8.16. The van der Waals surface area contributed by atoms with Crippen LogP contribution in [0.3, 0.4) is 0 Å². The average Bonchev–Trinajstić information content (AvgIpc) is 2.39. The Morgan fingerprint density at radius 3 is 2.39 bits per heavy atom. The molecule has 1 rings (SSSR count). The van der Waals surface area contributed by atoms with Crippen LogP contribution in [0, 0.1) is 0 Å². The number of carboxylic acid groups (broad SMARTS) is 1. The third-order valence-electron chi connectivity index (χ3n) is 2.91. The van der Waals surface area contributed by atoms with Gasteiger partial charge in [0, 0.05) is 12.3 Å². The molecule has 100 valence electrons. The highest BCUT2D eigenvalue weighted by Crippen LogP contribution is 2.28. The van der Waals surface area contributed by atoms with Crippen molar-refractivity contribution < 1.29 is 9.90 Å². The average molecular weight is 267 g/mol. The zero-order chi connectivity index (χ0) is 13.4. The third-order valence-corrected chi connectivity index (χ3v) is 4.14. The maximum absolute atomic E-state index is 11.3. The van der Waals surface area contributed by atoms with E-state index in [0.717, 1.165) is 31.0 Å². The first kappa shape index (κ1) is 15.1. The van der Waals surface area contributed by atoms with E-state index in [1.165, 1.54) is 11.8 Å². The van der Waals surface area contributed by atoms with Gasteiger partial charge in [0.2, 0.25) is 0 Å². The molecule has 0 saturated heterocycles. The van der Waals surface area contributed by atoms with Gasteiger partial charge in [0.15, 0.2) is 0 Å². The number of aliphatic carboxylic acids is 1. The fourth-order valence-electron chi connectivity index (χ4n) is 1.78. The monoisotopic (exact) mass is 267 g/mol. The Kier molecular flexibility index (Phi) is 6.83. The highest BCUT2D eigenvalue weighted by atomic mass is 32.2. The molecular weight excluding hydrogens is 246 g/mol. The lowest BCUT2D eigenvalue weighted by Gasteiger charge is -2.19. The summed E-state index contributed by atoms with van der Waals surface area (Å²) in [6.07, 6.45) is 0. The van der Waals surface area contributed by atoms with E-state index in [2.05, 4.69) is 18.7 Å². The van der Waals surface area contributed by atoms with Crippen LogP contribution in [0.1, 0.15) is 24.7 Å². The second-order valence-electron chi connectivity index (χ2n) is 4.03. The first-order chi connectivity index (χ1) is 8.69. The summed E-state index contributed by atoms with van der Waals surface area (Å²) in [5.74, 6) is 0.0822. The van der Waals surface area contributed by atoms with E-state index < -0.39 is 11.2 Å². The van der Waals surface area contributed by atoms with Crippen LogP contribution < -0.4 is 0 Å². The van der Waals surface area contributed by atoms with Crippen LogP contribution in [0.4, 0.5) is 0 Å². The molecule has 0 aliphatic heterocycles. The maximum Gasteiger partial charge on any atom is 0.321 e. The summed E-state index contributed by atoms with van der Waals surface area (Å²) in [4.78, 5) is 13.6. The van der Waals surface area contributed by atoms with Crippen LogP contribution in [0.25, 0.3) is 0 Å². The van der Waals surface area contributed by atoms with Crippen LogP contribution in [0.2, 0.25) is 0 Å². The van der Waals surface area contributed by atoms with Crippen molar-refractivity contribution in [3.05, 3.63) is 35.9 Å². The summed E-state index contributed by atoms with van der Waals surface area (Å²) in [5, 5.41) is 8.82. The van der Waals surface area contributed by atoms with Gasteiger partial charge in [-0.25, -0.2) is 0 Å². The normalized spacial score (nSPS) is 12.6. The van der Waals surface area contributed by atoms with Gasteiger partial charge in [-0.3, -0.25) is 4.79 Å². The Labute approximate surface area is 113 Å². The Hall–Kier alpha value is -1.00. The van der Waals surface area contributed by atoms with Crippen LogP contribution >= 0.6 is 11.8 Å². The molecule has 1 aromatic carbocycles. The molecule has 0 amide bonds. The number of thioether (sulfide) groups is 1. The SMILES string of the molecule is CCN(CC)CCSC(C(=O)O)c1ccccc1. The summed E-state index contributed by atoms with van der Waals surface area (Å²) in [6.45, 7) is 7.22. The topological polar surface area (TPSA) is 40.5 Å². The first-order valence-electron chi connectivity index (χ1n) is 6.30. The Balaban J connectivity index is 2.52. The van der Waals surface area contributed by atoms with Gasteiger partial charge < -0.3 is 10.0 Å². The highest BCUT2D eigenvalue weighted by Gasteiger charge is 2.19. The number of rotatable bonds is 8. The number of hydrogen-bond acceptors (Lipinski definition) is 3. The van der Waals surface area contributed by atoms with Crippen molar-refractivity contribution in [2.45, 2.75) is 19.1 Å². The minimum absolute atomic E-state index is 0.457. The fourth-order valence-corrected chi connectivity index (χ4v) is 2.87. The van der Waals surface area contributed by atoms with E-state index in [1.54, 1.807) is 0 Å².